The molecule has 118 valence electrons. The molecule has 0 aromatic carbocycles. The van der Waals surface area contributed by atoms with Gasteiger partial charge in [0, 0.05) is 31.6 Å². The van der Waals surface area contributed by atoms with Gasteiger partial charge in [-0.15, -0.1) is 0 Å². The van der Waals surface area contributed by atoms with Crippen molar-refractivity contribution in [2.75, 3.05) is 19.6 Å². The largest absolute Gasteiger partial charge is 0.481 e. The SMILES string of the molecule is CCC(C)N1CC(CCC(=O)O)CC(NCC(C)C)C1. The van der Waals surface area contributed by atoms with Gasteiger partial charge in [-0.3, -0.25) is 9.69 Å². The summed E-state index contributed by atoms with van der Waals surface area (Å²) in [6, 6.07) is 1.10. The van der Waals surface area contributed by atoms with Crippen molar-refractivity contribution in [1.29, 1.82) is 0 Å². The molecule has 1 saturated heterocycles. The number of carbonyl (C=O) groups is 1. The molecular formula is C16H32N2O2. The van der Waals surface area contributed by atoms with E-state index in [1.807, 2.05) is 0 Å². The second kappa shape index (κ2) is 8.63. The Morgan fingerprint density at radius 1 is 1.35 bits per heavy atom. The van der Waals surface area contributed by atoms with Gasteiger partial charge in [0.15, 0.2) is 0 Å². The molecule has 1 aliphatic rings. The average Bonchev–Trinajstić information content (AvgIpc) is 2.41. The van der Waals surface area contributed by atoms with Crippen LogP contribution in [0, 0.1) is 11.8 Å². The fraction of sp³-hybridized carbons (Fsp3) is 0.938. The number of nitrogens with zero attached hydrogens (tertiary/aromatic N) is 1. The molecular weight excluding hydrogens is 252 g/mol. The molecule has 0 aliphatic carbocycles. The summed E-state index contributed by atoms with van der Waals surface area (Å²) in [5.74, 6) is 0.502. The maximum absolute atomic E-state index is 10.8. The van der Waals surface area contributed by atoms with E-state index in [2.05, 4.69) is 37.9 Å². The zero-order chi connectivity index (χ0) is 15.1. The van der Waals surface area contributed by atoms with Gasteiger partial charge in [0.25, 0.3) is 0 Å². The zero-order valence-electron chi connectivity index (χ0n) is 13.6. The van der Waals surface area contributed by atoms with Gasteiger partial charge in [-0.25, -0.2) is 0 Å². The Bertz CT molecular complexity index is 294. The molecule has 2 N–H and O–H groups in total. The summed E-state index contributed by atoms with van der Waals surface area (Å²) in [7, 11) is 0. The van der Waals surface area contributed by atoms with Crippen molar-refractivity contribution in [3.8, 4) is 0 Å². The summed E-state index contributed by atoms with van der Waals surface area (Å²) in [6.45, 7) is 12.2. The smallest absolute Gasteiger partial charge is 0.303 e. The lowest BCUT2D eigenvalue weighted by Crippen LogP contribution is -2.52. The molecule has 3 atom stereocenters. The summed E-state index contributed by atoms with van der Waals surface area (Å²) < 4.78 is 0. The molecule has 0 radical (unpaired) electrons. The van der Waals surface area contributed by atoms with Gasteiger partial charge in [0.1, 0.15) is 0 Å². The number of aliphatic carboxylic acids is 1. The van der Waals surface area contributed by atoms with Gasteiger partial charge < -0.3 is 10.4 Å². The quantitative estimate of drug-likeness (QED) is 0.719. The Hall–Kier alpha value is -0.610. The normalized spacial score (nSPS) is 25.9. The van der Waals surface area contributed by atoms with E-state index in [1.165, 1.54) is 0 Å². The molecule has 1 aliphatic heterocycles. The van der Waals surface area contributed by atoms with Crippen molar-refractivity contribution in [2.45, 2.75) is 65.5 Å². The maximum atomic E-state index is 10.8. The zero-order valence-corrected chi connectivity index (χ0v) is 13.6. The minimum Gasteiger partial charge on any atom is -0.481 e. The van der Waals surface area contributed by atoms with Crippen molar-refractivity contribution < 1.29 is 9.90 Å². The summed E-state index contributed by atoms with van der Waals surface area (Å²) in [6.07, 6.45) is 3.38. The predicted molar refractivity (Wildman–Crippen MR) is 82.9 cm³/mol. The Morgan fingerprint density at radius 3 is 2.60 bits per heavy atom. The van der Waals surface area contributed by atoms with E-state index >= 15 is 0 Å². The van der Waals surface area contributed by atoms with E-state index in [0.29, 0.717) is 30.3 Å². The number of piperidine rings is 1. The van der Waals surface area contributed by atoms with Crippen molar-refractivity contribution in [1.82, 2.24) is 10.2 Å². The number of rotatable bonds is 8. The summed E-state index contributed by atoms with van der Waals surface area (Å²) in [4.78, 5) is 13.3. The van der Waals surface area contributed by atoms with Gasteiger partial charge >= 0.3 is 5.97 Å². The minimum absolute atomic E-state index is 0.302. The van der Waals surface area contributed by atoms with E-state index in [4.69, 9.17) is 5.11 Å². The van der Waals surface area contributed by atoms with Gasteiger partial charge in [-0.2, -0.15) is 0 Å². The first-order chi connectivity index (χ1) is 9.42. The standard InChI is InChI=1S/C16H32N2O2/c1-5-13(4)18-10-14(6-7-16(19)20)8-15(11-18)17-9-12(2)3/h12-15,17H,5-11H2,1-4H3,(H,19,20). The Morgan fingerprint density at radius 2 is 2.05 bits per heavy atom. The van der Waals surface area contributed by atoms with Crippen LogP contribution in [0.2, 0.25) is 0 Å². The van der Waals surface area contributed by atoms with Crippen LogP contribution in [-0.2, 0) is 4.79 Å². The molecule has 0 aromatic rings. The first-order valence-electron chi connectivity index (χ1n) is 8.11. The minimum atomic E-state index is -0.669. The number of carboxylic acid groups (broad SMARTS) is 1. The molecule has 1 fully saturated rings. The molecule has 20 heavy (non-hydrogen) atoms. The fourth-order valence-corrected chi connectivity index (χ4v) is 2.95. The van der Waals surface area contributed by atoms with Crippen LogP contribution in [-0.4, -0.2) is 47.7 Å². The molecule has 4 nitrogen and oxygen atoms in total. The van der Waals surface area contributed by atoms with E-state index in [-0.39, 0.29) is 0 Å². The predicted octanol–water partition coefficient (Wildman–Crippen LogP) is 2.59. The van der Waals surface area contributed by atoms with Crippen LogP contribution in [0.1, 0.15) is 53.4 Å². The highest BCUT2D eigenvalue weighted by molar-refractivity contribution is 5.66. The van der Waals surface area contributed by atoms with Crippen molar-refractivity contribution in [3.05, 3.63) is 0 Å². The van der Waals surface area contributed by atoms with E-state index in [1.54, 1.807) is 0 Å². The monoisotopic (exact) mass is 284 g/mol. The number of likely N-dealkylation sites (tertiary alicyclic amines) is 1. The van der Waals surface area contributed by atoms with Crippen molar-refractivity contribution in [2.24, 2.45) is 11.8 Å². The van der Waals surface area contributed by atoms with E-state index in [0.717, 1.165) is 38.9 Å². The first kappa shape index (κ1) is 17.4. The maximum Gasteiger partial charge on any atom is 0.303 e. The third-order valence-electron chi connectivity index (χ3n) is 4.36. The van der Waals surface area contributed by atoms with Crippen LogP contribution in [0.15, 0.2) is 0 Å². The first-order valence-corrected chi connectivity index (χ1v) is 8.11. The number of hydrogen-bond donors (Lipinski definition) is 2. The van der Waals surface area contributed by atoms with Crippen LogP contribution >= 0.6 is 0 Å². The molecule has 0 aromatic heterocycles. The third kappa shape index (κ3) is 6.23. The molecule has 0 amide bonds. The second-order valence-electron chi connectivity index (χ2n) is 6.74. The highest BCUT2D eigenvalue weighted by Gasteiger charge is 2.29. The highest BCUT2D eigenvalue weighted by atomic mass is 16.4. The van der Waals surface area contributed by atoms with E-state index in [9.17, 15) is 4.79 Å². The molecule has 3 unspecified atom stereocenters. The Kier molecular flexibility index (Phi) is 7.52. The average molecular weight is 284 g/mol. The summed E-state index contributed by atoms with van der Waals surface area (Å²) >= 11 is 0. The van der Waals surface area contributed by atoms with Gasteiger partial charge in [-0.05, 0) is 44.6 Å². The highest BCUT2D eigenvalue weighted by Crippen LogP contribution is 2.24. The van der Waals surface area contributed by atoms with Crippen LogP contribution < -0.4 is 5.32 Å². The third-order valence-corrected chi connectivity index (χ3v) is 4.36. The Balaban J connectivity index is 2.54. The molecule has 1 heterocycles. The van der Waals surface area contributed by atoms with Crippen LogP contribution in [0.25, 0.3) is 0 Å². The molecule has 0 bridgehead atoms. The summed E-state index contributed by atoms with van der Waals surface area (Å²) in [5, 5.41) is 12.5. The molecule has 1 rings (SSSR count). The lowest BCUT2D eigenvalue weighted by molar-refractivity contribution is -0.137. The second-order valence-corrected chi connectivity index (χ2v) is 6.74. The van der Waals surface area contributed by atoms with Crippen molar-refractivity contribution in [3.63, 3.8) is 0 Å². The number of nitrogens with one attached hydrogen (secondary N) is 1. The Labute approximate surface area is 123 Å². The molecule has 4 heteroatoms. The number of carboxylic acids is 1. The van der Waals surface area contributed by atoms with Crippen LogP contribution in [0.5, 0.6) is 0 Å². The summed E-state index contributed by atoms with van der Waals surface area (Å²) in [5.41, 5.74) is 0. The van der Waals surface area contributed by atoms with Crippen LogP contribution in [0.3, 0.4) is 0 Å². The van der Waals surface area contributed by atoms with Crippen molar-refractivity contribution >= 4 is 5.97 Å². The van der Waals surface area contributed by atoms with Crippen LogP contribution in [0.4, 0.5) is 0 Å². The lowest BCUT2D eigenvalue weighted by Gasteiger charge is -2.41. The topological polar surface area (TPSA) is 52.6 Å². The van der Waals surface area contributed by atoms with Gasteiger partial charge in [-0.1, -0.05) is 20.8 Å². The lowest BCUT2D eigenvalue weighted by atomic mass is 9.89. The molecule has 0 spiro atoms. The van der Waals surface area contributed by atoms with Gasteiger partial charge in [0.2, 0.25) is 0 Å². The molecule has 0 saturated carbocycles. The number of hydrogen-bond acceptors (Lipinski definition) is 3. The fourth-order valence-electron chi connectivity index (χ4n) is 2.95. The van der Waals surface area contributed by atoms with Gasteiger partial charge in [0.05, 0.1) is 0 Å². The van der Waals surface area contributed by atoms with E-state index < -0.39 is 5.97 Å².